The first kappa shape index (κ1) is 13.8. The molecule has 0 radical (unpaired) electrons. The number of rotatable bonds is 3. The Bertz CT molecular complexity index is 676. The van der Waals surface area contributed by atoms with Gasteiger partial charge < -0.3 is 0 Å². The van der Waals surface area contributed by atoms with Crippen LogP contribution in [-0.4, -0.2) is 4.21 Å². The summed E-state index contributed by atoms with van der Waals surface area (Å²) in [6.45, 7) is 1.92. The largest absolute Gasteiger partial charge is 0.254 e. The molecular weight excluding hydrogens is 278 g/mol. The minimum Gasteiger partial charge on any atom is -0.254 e. The fourth-order valence-corrected chi connectivity index (χ4v) is 3.45. The van der Waals surface area contributed by atoms with E-state index < -0.39 is 10.8 Å². The first-order chi connectivity index (χ1) is 9.11. The van der Waals surface area contributed by atoms with Crippen molar-refractivity contribution < 1.29 is 4.21 Å². The third-order valence-electron chi connectivity index (χ3n) is 2.84. The molecule has 0 saturated heterocycles. The second-order valence-corrected chi connectivity index (χ2v) is 6.00. The Morgan fingerprint density at radius 2 is 2.00 bits per heavy atom. The minimum atomic E-state index is -1.18. The van der Waals surface area contributed by atoms with Gasteiger partial charge in [0.25, 0.3) is 0 Å². The number of hydrogen-bond donors (Lipinski definition) is 0. The van der Waals surface area contributed by atoms with Crippen molar-refractivity contribution in [3.63, 3.8) is 0 Å². The smallest absolute Gasteiger partial charge is 0.0991 e. The van der Waals surface area contributed by atoms with E-state index in [-0.39, 0.29) is 0 Å². The highest BCUT2D eigenvalue weighted by molar-refractivity contribution is 7.84. The van der Waals surface area contributed by atoms with Gasteiger partial charge in [-0.05, 0) is 42.3 Å². The fourth-order valence-electron chi connectivity index (χ4n) is 1.78. The molecule has 0 aliphatic rings. The van der Waals surface area contributed by atoms with Crippen molar-refractivity contribution in [3.8, 4) is 6.07 Å². The Morgan fingerprint density at radius 1 is 1.26 bits per heavy atom. The van der Waals surface area contributed by atoms with Gasteiger partial charge >= 0.3 is 0 Å². The molecule has 0 N–H and O–H groups in total. The van der Waals surface area contributed by atoms with E-state index in [1.165, 1.54) is 0 Å². The summed E-state index contributed by atoms with van der Waals surface area (Å²) in [5.74, 6) is 0.404. The summed E-state index contributed by atoms with van der Waals surface area (Å²) in [7, 11) is -1.18. The van der Waals surface area contributed by atoms with Crippen LogP contribution in [0.4, 0.5) is 0 Å². The lowest BCUT2D eigenvalue weighted by Crippen LogP contribution is -1.99. The van der Waals surface area contributed by atoms with Crippen LogP contribution in [0.5, 0.6) is 0 Å². The summed E-state index contributed by atoms with van der Waals surface area (Å²) < 4.78 is 12.3. The van der Waals surface area contributed by atoms with Crippen LogP contribution >= 0.6 is 11.6 Å². The quantitative estimate of drug-likeness (QED) is 0.861. The second-order valence-electron chi connectivity index (χ2n) is 4.17. The van der Waals surface area contributed by atoms with Crippen LogP contribution in [0.15, 0.2) is 47.4 Å². The van der Waals surface area contributed by atoms with Gasteiger partial charge in [0.15, 0.2) is 0 Å². The first-order valence-electron chi connectivity index (χ1n) is 5.74. The lowest BCUT2D eigenvalue weighted by Gasteiger charge is -2.07. The van der Waals surface area contributed by atoms with E-state index in [1.54, 1.807) is 24.3 Å². The lowest BCUT2D eigenvalue weighted by molar-refractivity contribution is 0.682. The minimum absolute atomic E-state index is 0.404. The van der Waals surface area contributed by atoms with Crippen LogP contribution in [0, 0.1) is 18.3 Å². The van der Waals surface area contributed by atoms with E-state index in [0.29, 0.717) is 21.2 Å². The molecule has 2 aromatic rings. The molecule has 0 aromatic heterocycles. The van der Waals surface area contributed by atoms with E-state index >= 15 is 0 Å². The average Bonchev–Trinajstić information content (AvgIpc) is 2.41. The highest BCUT2D eigenvalue weighted by Crippen LogP contribution is 2.22. The summed E-state index contributed by atoms with van der Waals surface area (Å²) in [6.07, 6.45) is 0. The Kier molecular flexibility index (Phi) is 4.36. The third kappa shape index (κ3) is 3.23. The zero-order valence-corrected chi connectivity index (χ0v) is 12.0. The van der Waals surface area contributed by atoms with Gasteiger partial charge in [-0.2, -0.15) is 5.26 Å². The Hall–Kier alpha value is -1.63. The van der Waals surface area contributed by atoms with Gasteiger partial charge in [0.2, 0.25) is 0 Å². The maximum Gasteiger partial charge on any atom is 0.0991 e. The van der Waals surface area contributed by atoms with Gasteiger partial charge in [-0.15, -0.1) is 0 Å². The molecule has 0 aliphatic carbocycles. The van der Waals surface area contributed by atoms with E-state index in [4.69, 9.17) is 16.9 Å². The molecule has 2 rings (SSSR count). The Labute approximate surface area is 120 Å². The van der Waals surface area contributed by atoms with Crippen LogP contribution in [0.1, 0.15) is 16.7 Å². The van der Waals surface area contributed by atoms with Crippen molar-refractivity contribution in [2.45, 2.75) is 17.6 Å². The van der Waals surface area contributed by atoms with Crippen LogP contribution in [0.25, 0.3) is 0 Å². The van der Waals surface area contributed by atoms with Crippen molar-refractivity contribution in [2.24, 2.45) is 0 Å². The Balaban J connectivity index is 2.25. The van der Waals surface area contributed by atoms with Gasteiger partial charge in [-0.1, -0.05) is 29.8 Å². The SMILES string of the molecule is Cc1cc(C#N)ccc1CS(=O)c1ccccc1Cl. The maximum atomic E-state index is 12.3. The number of halogens is 1. The molecule has 4 heteroatoms. The lowest BCUT2D eigenvalue weighted by atomic mass is 10.1. The number of hydrogen-bond acceptors (Lipinski definition) is 2. The van der Waals surface area contributed by atoms with Crippen molar-refractivity contribution in [3.05, 3.63) is 64.2 Å². The first-order valence-corrected chi connectivity index (χ1v) is 7.44. The maximum absolute atomic E-state index is 12.3. The topological polar surface area (TPSA) is 40.9 Å². The summed E-state index contributed by atoms with van der Waals surface area (Å²) in [5, 5.41) is 9.34. The molecular formula is C15H12ClNOS. The zero-order chi connectivity index (χ0) is 13.8. The summed E-state index contributed by atoms with van der Waals surface area (Å²) in [6, 6.07) is 14.6. The van der Waals surface area contributed by atoms with Gasteiger partial charge in [0.1, 0.15) is 0 Å². The summed E-state index contributed by atoms with van der Waals surface area (Å²) in [4.78, 5) is 0.646. The summed E-state index contributed by atoms with van der Waals surface area (Å²) >= 11 is 6.04. The van der Waals surface area contributed by atoms with Crippen LogP contribution in [0.2, 0.25) is 5.02 Å². The standard InChI is InChI=1S/C15H12ClNOS/c1-11-8-12(9-17)6-7-13(11)10-19(18)15-5-3-2-4-14(15)16/h2-8H,10H2,1H3. The molecule has 0 spiro atoms. The van der Waals surface area contributed by atoms with Crippen molar-refractivity contribution in [1.29, 1.82) is 5.26 Å². The number of benzene rings is 2. The summed E-state index contributed by atoms with van der Waals surface area (Å²) in [5.41, 5.74) is 2.56. The molecule has 0 amide bonds. The zero-order valence-electron chi connectivity index (χ0n) is 10.4. The molecule has 0 fully saturated rings. The molecule has 0 bridgehead atoms. The normalized spacial score (nSPS) is 11.8. The van der Waals surface area contributed by atoms with E-state index in [9.17, 15) is 4.21 Å². The van der Waals surface area contributed by atoms with E-state index in [1.807, 2.05) is 25.1 Å². The average molecular weight is 290 g/mol. The molecule has 2 nitrogen and oxygen atoms in total. The van der Waals surface area contributed by atoms with Gasteiger partial charge in [0.05, 0.1) is 38.1 Å². The molecule has 96 valence electrons. The molecule has 19 heavy (non-hydrogen) atoms. The van der Waals surface area contributed by atoms with Crippen molar-refractivity contribution in [2.75, 3.05) is 0 Å². The molecule has 0 saturated carbocycles. The Morgan fingerprint density at radius 3 is 2.63 bits per heavy atom. The predicted molar refractivity (Wildman–Crippen MR) is 77.5 cm³/mol. The number of aryl methyl sites for hydroxylation is 1. The highest BCUT2D eigenvalue weighted by Gasteiger charge is 2.10. The molecule has 2 aromatic carbocycles. The molecule has 0 heterocycles. The molecule has 1 unspecified atom stereocenters. The third-order valence-corrected chi connectivity index (χ3v) is 4.70. The van der Waals surface area contributed by atoms with Crippen molar-refractivity contribution in [1.82, 2.24) is 0 Å². The highest BCUT2D eigenvalue weighted by atomic mass is 35.5. The van der Waals surface area contributed by atoms with Crippen LogP contribution in [-0.2, 0) is 16.6 Å². The van der Waals surface area contributed by atoms with Crippen molar-refractivity contribution >= 4 is 22.4 Å². The molecule has 1 atom stereocenters. The second kappa shape index (κ2) is 6.01. The van der Waals surface area contributed by atoms with Gasteiger partial charge in [-0.3, -0.25) is 4.21 Å². The number of nitriles is 1. The van der Waals surface area contributed by atoms with Gasteiger partial charge in [0, 0.05) is 0 Å². The van der Waals surface area contributed by atoms with Crippen LogP contribution < -0.4 is 0 Å². The number of nitrogens with zero attached hydrogens (tertiary/aromatic N) is 1. The van der Waals surface area contributed by atoms with Gasteiger partial charge in [-0.25, -0.2) is 0 Å². The monoisotopic (exact) mass is 289 g/mol. The molecule has 0 aliphatic heterocycles. The van der Waals surface area contributed by atoms with E-state index in [0.717, 1.165) is 11.1 Å². The fraction of sp³-hybridized carbons (Fsp3) is 0.133. The predicted octanol–water partition coefficient (Wildman–Crippen LogP) is 3.83. The van der Waals surface area contributed by atoms with Crippen LogP contribution in [0.3, 0.4) is 0 Å². The van der Waals surface area contributed by atoms with E-state index in [2.05, 4.69) is 6.07 Å².